The van der Waals surface area contributed by atoms with Gasteiger partial charge in [0.15, 0.2) is 0 Å². The summed E-state index contributed by atoms with van der Waals surface area (Å²) < 4.78 is 4.98. The molecule has 0 atom stereocenters. The Hall–Kier alpha value is -4.08. The fourth-order valence-corrected chi connectivity index (χ4v) is 2.51. The van der Waals surface area contributed by atoms with Gasteiger partial charge < -0.3 is 15.8 Å². The van der Waals surface area contributed by atoms with Crippen molar-refractivity contribution in [1.29, 1.82) is 0 Å². The molecule has 0 aliphatic heterocycles. The maximum Gasteiger partial charge on any atom is 0.340 e. The Labute approximate surface area is 165 Å². The molecule has 0 saturated heterocycles. The van der Waals surface area contributed by atoms with E-state index in [4.69, 9.17) is 10.5 Å². The highest BCUT2D eigenvalue weighted by Crippen LogP contribution is 2.17. The van der Waals surface area contributed by atoms with E-state index in [9.17, 15) is 14.4 Å². The summed E-state index contributed by atoms with van der Waals surface area (Å²) in [6, 6.07) is 12.9. The molecule has 0 radical (unpaired) electrons. The normalized spacial score (nSPS) is 10.4. The number of esters is 1. The maximum atomic E-state index is 12.3. The highest BCUT2D eigenvalue weighted by atomic mass is 16.5. The van der Waals surface area contributed by atoms with Crippen molar-refractivity contribution in [3.8, 4) is 11.4 Å². The molecule has 10 heteroatoms. The van der Waals surface area contributed by atoms with Gasteiger partial charge in [0.25, 0.3) is 0 Å². The van der Waals surface area contributed by atoms with Crippen molar-refractivity contribution < 1.29 is 19.1 Å². The molecular formula is C19H18N6O4. The number of nitrogens with one attached hydrogen (secondary N) is 1. The van der Waals surface area contributed by atoms with Gasteiger partial charge in [-0.3, -0.25) is 9.59 Å². The second kappa shape index (κ2) is 8.74. The van der Waals surface area contributed by atoms with Gasteiger partial charge in [-0.1, -0.05) is 24.3 Å². The Kier molecular flexibility index (Phi) is 5.93. The molecular weight excluding hydrogens is 376 g/mol. The van der Waals surface area contributed by atoms with Crippen LogP contribution in [0.2, 0.25) is 0 Å². The van der Waals surface area contributed by atoms with Crippen molar-refractivity contribution in [3.63, 3.8) is 0 Å². The van der Waals surface area contributed by atoms with E-state index in [1.54, 1.807) is 55.5 Å². The molecule has 0 bridgehead atoms. The minimum absolute atomic E-state index is 0.205. The van der Waals surface area contributed by atoms with Crippen molar-refractivity contribution >= 4 is 23.5 Å². The van der Waals surface area contributed by atoms with Gasteiger partial charge in [-0.05, 0) is 36.4 Å². The number of carbonyl (C=O) groups is 3. The molecule has 0 fully saturated rings. The molecule has 0 spiro atoms. The number of nitrogens with two attached hydrogens (primary N) is 1. The fraction of sp³-hybridized carbons (Fsp3) is 0.158. The highest BCUT2D eigenvalue weighted by Gasteiger charge is 2.15. The first kappa shape index (κ1) is 19.7. The molecule has 148 valence electrons. The van der Waals surface area contributed by atoms with Gasteiger partial charge in [0.2, 0.25) is 17.6 Å². The average Bonchev–Trinajstić information content (AvgIpc) is 3.17. The van der Waals surface area contributed by atoms with E-state index in [0.717, 1.165) is 4.80 Å². The third kappa shape index (κ3) is 4.80. The first-order valence-electron chi connectivity index (χ1n) is 8.72. The Morgan fingerprint density at radius 3 is 2.52 bits per heavy atom. The lowest BCUT2D eigenvalue weighted by atomic mass is 10.1. The molecule has 0 aliphatic carbocycles. The molecule has 29 heavy (non-hydrogen) atoms. The van der Waals surface area contributed by atoms with Crippen LogP contribution in [0.5, 0.6) is 0 Å². The number of para-hydroxylation sites is 1. The van der Waals surface area contributed by atoms with E-state index in [0.29, 0.717) is 22.6 Å². The van der Waals surface area contributed by atoms with Gasteiger partial charge in [0.1, 0.15) is 6.54 Å². The van der Waals surface area contributed by atoms with E-state index in [1.165, 1.54) is 0 Å². The number of primary amides is 1. The Morgan fingerprint density at radius 1 is 1.10 bits per heavy atom. The Morgan fingerprint density at radius 2 is 1.83 bits per heavy atom. The molecule has 10 nitrogen and oxygen atoms in total. The quantitative estimate of drug-likeness (QED) is 0.574. The summed E-state index contributed by atoms with van der Waals surface area (Å²) in [7, 11) is 0. The van der Waals surface area contributed by atoms with Crippen molar-refractivity contribution in [3.05, 3.63) is 59.7 Å². The molecule has 3 aromatic rings. The lowest BCUT2D eigenvalue weighted by Crippen LogP contribution is -2.22. The molecule has 2 aromatic carbocycles. The number of nitrogens with zero attached hydrogens (tertiary/aromatic N) is 4. The van der Waals surface area contributed by atoms with E-state index in [1.807, 2.05) is 0 Å². The van der Waals surface area contributed by atoms with Crippen LogP contribution >= 0.6 is 0 Å². The van der Waals surface area contributed by atoms with Gasteiger partial charge in [0.05, 0.1) is 17.9 Å². The lowest BCUT2D eigenvalue weighted by molar-refractivity contribution is -0.117. The zero-order chi connectivity index (χ0) is 20.8. The van der Waals surface area contributed by atoms with Crippen molar-refractivity contribution in [2.24, 2.45) is 5.73 Å². The molecule has 3 rings (SSSR count). The van der Waals surface area contributed by atoms with Gasteiger partial charge in [-0.15, -0.1) is 10.2 Å². The number of carbonyl (C=O) groups excluding carboxylic acids is 3. The molecule has 0 saturated carbocycles. The van der Waals surface area contributed by atoms with Crippen LogP contribution in [0.1, 0.15) is 27.6 Å². The SMILES string of the molecule is CCOC(=O)c1ccccc1NC(=O)Cn1nnc(-c2ccc(C(N)=O)cc2)n1. The van der Waals surface area contributed by atoms with Crippen LogP contribution in [0.15, 0.2) is 48.5 Å². The van der Waals surface area contributed by atoms with Crippen LogP contribution < -0.4 is 11.1 Å². The number of aromatic nitrogens is 4. The van der Waals surface area contributed by atoms with Gasteiger partial charge >= 0.3 is 5.97 Å². The summed E-state index contributed by atoms with van der Waals surface area (Å²) in [6.07, 6.45) is 0. The molecule has 3 N–H and O–H groups in total. The van der Waals surface area contributed by atoms with Crippen LogP contribution in [0, 0.1) is 0 Å². The number of benzene rings is 2. The largest absolute Gasteiger partial charge is 0.462 e. The predicted octanol–water partition coefficient (Wildman–Crippen LogP) is 1.25. The number of tetrazole rings is 1. The van der Waals surface area contributed by atoms with E-state index < -0.39 is 17.8 Å². The van der Waals surface area contributed by atoms with Gasteiger partial charge in [0, 0.05) is 11.1 Å². The van der Waals surface area contributed by atoms with Crippen LogP contribution in [0.3, 0.4) is 0 Å². The lowest BCUT2D eigenvalue weighted by Gasteiger charge is -2.09. The van der Waals surface area contributed by atoms with Crippen LogP contribution in [0.25, 0.3) is 11.4 Å². The van der Waals surface area contributed by atoms with Gasteiger partial charge in [-0.2, -0.15) is 4.80 Å². The third-order valence-corrected chi connectivity index (χ3v) is 3.86. The van der Waals surface area contributed by atoms with Gasteiger partial charge in [-0.25, -0.2) is 4.79 Å². The smallest absolute Gasteiger partial charge is 0.340 e. The first-order valence-corrected chi connectivity index (χ1v) is 8.72. The summed E-state index contributed by atoms with van der Waals surface area (Å²) in [4.78, 5) is 36.6. The summed E-state index contributed by atoms with van der Waals surface area (Å²) in [5.41, 5.74) is 6.78. The van der Waals surface area contributed by atoms with E-state index in [-0.39, 0.29) is 18.7 Å². The van der Waals surface area contributed by atoms with Crippen LogP contribution in [-0.4, -0.2) is 44.6 Å². The average molecular weight is 394 g/mol. The van der Waals surface area contributed by atoms with Crippen molar-refractivity contribution in [2.45, 2.75) is 13.5 Å². The summed E-state index contributed by atoms with van der Waals surface area (Å²) >= 11 is 0. The third-order valence-electron chi connectivity index (χ3n) is 3.86. The van der Waals surface area contributed by atoms with E-state index >= 15 is 0 Å². The summed E-state index contributed by atoms with van der Waals surface area (Å²) in [6.45, 7) is 1.73. The number of hydrogen-bond donors (Lipinski definition) is 2. The second-order valence-corrected chi connectivity index (χ2v) is 5.90. The summed E-state index contributed by atoms with van der Waals surface area (Å²) in [5, 5.41) is 14.5. The number of hydrogen-bond acceptors (Lipinski definition) is 7. The molecule has 1 aromatic heterocycles. The Balaban J connectivity index is 1.68. The molecule has 0 aliphatic rings. The zero-order valence-electron chi connectivity index (χ0n) is 15.5. The number of ether oxygens (including phenoxy) is 1. The number of amides is 2. The van der Waals surface area contributed by atoms with Crippen molar-refractivity contribution in [2.75, 3.05) is 11.9 Å². The monoisotopic (exact) mass is 394 g/mol. The minimum Gasteiger partial charge on any atom is -0.462 e. The minimum atomic E-state index is -0.534. The molecule has 2 amide bonds. The van der Waals surface area contributed by atoms with Crippen LogP contribution in [0.4, 0.5) is 5.69 Å². The predicted molar refractivity (Wildman–Crippen MR) is 103 cm³/mol. The summed E-state index contributed by atoms with van der Waals surface area (Å²) in [5.74, 6) is -1.20. The molecule has 1 heterocycles. The maximum absolute atomic E-state index is 12.3. The number of anilines is 1. The standard InChI is InChI=1S/C19H18N6O4/c1-2-29-19(28)14-5-3-4-6-15(14)21-16(26)11-25-23-18(22-24-25)13-9-7-12(8-10-13)17(20)27/h3-10H,2,11H2,1H3,(H2,20,27)(H,21,26). The zero-order valence-corrected chi connectivity index (χ0v) is 15.5. The molecule has 0 unspecified atom stereocenters. The van der Waals surface area contributed by atoms with Crippen molar-refractivity contribution in [1.82, 2.24) is 20.2 Å². The van der Waals surface area contributed by atoms with E-state index in [2.05, 4.69) is 20.7 Å². The van der Waals surface area contributed by atoms with Crippen LogP contribution in [-0.2, 0) is 16.1 Å². The first-order chi connectivity index (χ1) is 14.0. The topological polar surface area (TPSA) is 142 Å². The highest BCUT2D eigenvalue weighted by molar-refractivity contribution is 6.01. The second-order valence-electron chi connectivity index (χ2n) is 5.90. The fourth-order valence-electron chi connectivity index (χ4n) is 2.51. The Bertz CT molecular complexity index is 1040. The number of rotatable bonds is 7.